The van der Waals surface area contributed by atoms with Crippen molar-refractivity contribution in [3.8, 4) is 11.5 Å². The van der Waals surface area contributed by atoms with Gasteiger partial charge >= 0.3 is 6.18 Å². The number of hydrogen-bond acceptors (Lipinski definition) is 5. The molecule has 0 amide bonds. The summed E-state index contributed by atoms with van der Waals surface area (Å²) in [7, 11) is 3.40. The van der Waals surface area contributed by atoms with Crippen LogP contribution in [0.25, 0.3) is 0 Å². The molecule has 0 aliphatic heterocycles. The van der Waals surface area contributed by atoms with Gasteiger partial charge in [0, 0.05) is 12.8 Å². The first-order valence-corrected chi connectivity index (χ1v) is 9.75. The highest BCUT2D eigenvalue weighted by Gasteiger charge is 2.30. The van der Waals surface area contributed by atoms with E-state index in [9.17, 15) is 13.2 Å². The Morgan fingerprint density at radius 3 is 2.41 bits per heavy atom. The summed E-state index contributed by atoms with van der Waals surface area (Å²) in [5.41, 5.74) is -0.0901. The molecule has 5 nitrogen and oxygen atoms in total. The van der Waals surface area contributed by atoms with Gasteiger partial charge in [0.1, 0.15) is 11.5 Å². The maximum Gasteiger partial charge on any atom is 0.416 e. The Morgan fingerprint density at radius 1 is 1.07 bits per heavy atom. The van der Waals surface area contributed by atoms with Gasteiger partial charge in [-0.25, -0.2) is 0 Å². The topological polar surface area (TPSA) is 49.2 Å². The molecule has 3 aromatic rings. The number of nitrogens with zero attached hydrogens (tertiary/aromatic N) is 3. The quantitative estimate of drug-likeness (QED) is 0.484. The number of thioether (sulfide) groups is 1. The summed E-state index contributed by atoms with van der Waals surface area (Å²) in [5, 5.41) is 8.92. The van der Waals surface area contributed by atoms with Gasteiger partial charge in [0.05, 0.1) is 12.7 Å². The highest BCUT2D eigenvalue weighted by atomic mass is 32.2. The van der Waals surface area contributed by atoms with E-state index in [1.165, 1.54) is 17.8 Å². The Morgan fingerprint density at radius 2 is 1.76 bits per heavy atom. The van der Waals surface area contributed by atoms with E-state index >= 15 is 0 Å². The van der Waals surface area contributed by atoms with Crippen LogP contribution in [0.15, 0.2) is 53.7 Å². The van der Waals surface area contributed by atoms with Crippen LogP contribution in [-0.4, -0.2) is 21.9 Å². The molecule has 1 atom stereocenters. The largest absolute Gasteiger partial charge is 0.497 e. The lowest BCUT2D eigenvalue weighted by Gasteiger charge is -2.14. The Bertz CT molecular complexity index is 958. The van der Waals surface area contributed by atoms with E-state index in [1.807, 2.05) is 6.92 Å². The van der Waals surface area contributed by atoms with E-state index in [4.69, 9.17) is 9.47 Å². The standard InChI is InChI=1S/C20H20F3N3O2S/c1-13(28-17-9-7-16(27-3)8-10-17)18-24-25-19(26(18)2)29-12-14-5-4-6-15(11-14)20(21,22)23/h4-11,13H,12H2,1-3H3/t13-/m1/s1. The third-order valence-electron chi connectivity index (χ3n) is 4.23. The van der Waals surface area contributed by atoms with Crippen molar-refractivity contribution < 1.29 is 22.6 Å². The molecule has 9 heteroatoms. The number of ether oxygens (including phenoxy) is 2. The summed E-state index contributed by atoms with van der Waals surface area (Å²) in [6, 6.07) is 12.5. The molecule has 0 saturated heterocycles. The van der Waals surface area contributed by atoms with Crippen LogP contribution in [0.1, 0.15) is 30.0 Å². The molecule has 0 saturated carbocycles. The highest BCUT2D eigenvalue weighted by molar-refractivity contribution is 7.98. The van der Waals surface area contributed by atoms with E-state index in [1.54, 1.807) is 49.1 Å². The van der Waals surface area contributed by atoms with Crippen LogP contribution >= 0.6 is 11.8 Å². The SMILES string of the molecule is COc1ccc(O[C@H](C)c2nnc(SCc3cccc(C(F)(F)F)c3)n2C)cc1. The molecule has 0 aliphatic rings. The maximum absolute atomic E-state index is 12.9. The van der Waals surface area contributed by atoms with Gasteiger partial charge in [0.2, 0.25) is 0 Å². The van der Waals surface area contributed by atoms with Gasteiger partial charge in [-0.05, 0) is 42.8 Å². The lowest BCUT2D eigenvalue weighted by atomic mass is 10.1. The predicted molar refractivity (Wildman–Crippen MR) is 104 cm³/mol. The molecule has 29 heavy (non-hydrogen) atoms. The fourth-order valence-corrected chi connectivity index (χ4v) is 3.56. The third-order valence-corrected chi connectivity index (χ3v) is 5.32. The molecule has 0 spiro atoms. The van der Waals surface area contributed by atoms with E-state index < -0.39 is 11.7 Å². The van der Waals surface area contributed by atoms with Crippen LogP contribution in [0.5, 0.6) is 11.5 Å². The number of rotatable bonds is 7. The Hall–Kier alpha value is -2.68. The predicted octanol–water partition coefficient (Wildman–Crippen LogP) is 5.27. The number of methoxy groups -OCH3 is 1. The van der Waals surface area contributed by atoms with E-state index in [2.05, 4.69) is 10.2 Å². The van der Waals surface area contributed by atoms with Crippen molar-refractivity contribution in [2.24, 2.45) is 7.05 Å². The second-order valence-electron chi connectivity index (χ2n) is 6.32. The van der Waals surface area contributed by atoms with Gasteiger partial charge in [-0.3, -0.25) is 0 Å². The summed E-state index contributed by atoms with van der Waals surface area (Å²) in [4.78, 5) is 0. The molecule has 1 heterocycles. The van der Waals surface area contributed by atoms with Crippen LogP contribution in [0.2, 0.25) is 0 Å². The smallest absolute Gasteiger partial charge is 0.416 e. The third kappa shape index (κ3) is 5.23. The van der Waals surface area contributed by atoms with Crippen LogP contribution in [0.3, 0.4) is 0 Å². The van der Waals surface area contributed by atoms with Gasteiger partial charge in [0.15, 0.2) is 17.1 Å². The summed E-state index contributed by atoms with van der Waals surface area (Å²) in [5.74, 6) is 2.37. The number of aromatic nitrogens is 3. The Kier molecular flexibility index (Phi) is 6.36. The van der Waals surface area contributed by atoms with E-state index in [0.717, 1.165) is 17.9 Å². The maximum atomic E-state index is 12.9. The van der Waals surface area contributed by atoms with E-state index in [-0.39, 0.29) is 6.10 Å². The van der Waals surface area contributed by atoms with Gasteiger partial charge in [0.25, 0.3) is 0 Å². The molecule has 1 aromatic heterocycles. The highest BCUT2D eigenvalue weighted by Crippen LogP contribution is 2.31. The molecule has 0 aliphatic carbocycles. The van der Waals surface area contributed by atoms with Crippen LogP contribution in [0.4, 0.5) is 13.2 Å². The number of alkyl halides is 3. The first-order valence-electron chi connectivity index (χ1n) is 8.77. The normalized spacial score (nSPS) is 12.6. The average molecular weight is 423 g/mol. The van der Waals surface area contributed by atoms with Crippen LogP contribution in [-0.2, 0) is 19.0 Å². The zero-order valence-electron chi connectivity index (χ0n) is 16.1. The zero-order valence-corrected chi connectivity index (χ0v) is 16.9. The van der Waals surface area contributed by atoms with Crippen molar-refractivity contribution in [2.45, 2.75) is 30.1 Å². The second kappa shape index (κ2) is 8.77. The van der Waals surface area contributed by atoms with Gasteiger partial charge in [-0.1, -0.05) is 30.0 Å². The molecule has 0 fully saturated rings. The first kappa shape index (κ1) is 21.0. The summed E-state index contributed by atoms with van der Waals surface area (Å²) in [6.45, 7) is 1.86. The Labute approximate surface area is 170 Å². The molecule has 0 N–H and O–H groups in total. The molecular weight excluding hydrogens is 403 g/mol. The minimum atomic E-state index is -4.35. The summed E-state index contributed by atoms with van der Waals surface area (Å²) in [6.07, 6.45) is -4.71. The summed E-state index contributed by atoms with van der Waals surface area (Å²) >= 11 is 1.32. The average Bonchev–Trinajstić information content (AvgIpc) is 3.07. The molecule has 0 unspecified atom stereocenters. The van der Waals surface area contributed by atoms with Crippen molar-refractivity contribution in [3.63, 3.8) is 0 Å². The number of halogens is 3. The second-order valence-corrected chi connectivity index (χ2v) is 7.26. The first-order chi connectivity index (χ1) is 13.8. The minimum absolute atomic E-state index is 0.351. The zero-order chi connectivity index (χ0) is 21.0. The summed E-state index contributed by atoms with van der Waals surface area (Å²) < 4.78 is 51.4. The molecule has 0 bridgehead atoms. The van der Waals surface area contributed by atoms with Gasteiger partial charge < -0.3 is 14.0 Å². The monoisotopic (exact) mass is 423 g/mol. The van der Waals surface area contributed by atoms with Crippen LogP contribution in [0, 0.1) is 0 Å². The van der Waals surface area contributed by atoms with Crippen molar-refractivity contribution in [1.29, 1.82) is 0 Å². The van der Waals surface area contributed by atoms with Gasteiger partial charge in [-0.2, -0.15) is 13.2 Å². The Balaban J connectivity index is 1.65. The van der Waals surface area contributed by atoms with Crippen LogP contribution < -0.4 is 9.47 Å². The van der Waals surface area contributed by atoms with E-state index in [0.29, 0.717) is 28.0 Å². The lowest BCUT2D eigenvalue weighted by molar-refractivity contribution is -0.137. The molecule has 2 aromatic carbocycles. The van der Waals surface area contributed by atoms with Crippen molar-refractivity contribution in [1.82, 2.24) is 14.8 Å². The molecular formula is C20H20F3N3O2S. The fourth-order valence-electron chi connectivity index (χ4n) is 2.70. The molecule has 0 radical (unpaired) electrons. The molecule has 3 rings (SSSR count). The minimum Gasteiger partial charge on any atom is -0.497 e. The fraction of sp³-hybridized carbons (Fsp3) is 0.300. The van der Waals surface area contributed by atoms with Gasteiger partial charge in [-0.15, -0.1) is 10.2 Å². The lowest BCUT2D eigenvalue weighted by Crippen LogP contribution is -2.10. The van der Waals surface area contributed by atoms with Crippen molar-refractivity contribution in [2.75, 3.05) is 7.11 Å². The number of benzene rings is 2. The van der Waals surface area contributed by atoms with Crippen molar-refractivity contribution in [3.05, 3.63) is 65.5 Å². The number of hydrogen-bond donors (Lipinski definition) is 0. The van der Waals surface area contributed by atoms with Crippen molar-refractivity contribution >= 4 is 11.8 Å². The molecule has 154 valence electrons.